The highest BCUT2D eigenvalue weighted by atomic mass is 33.1. The van der Waals surface area contributed by atoms with Gasteiger partial charge in [-0.2, -0.15) is 0 Å². The molecule has 1 rings (SSSR count). The Morgan fingerprint density at radius 1 is 1.11 bits per heavy atom. The molecule has 0 aromatic heterocycles. The number of hydrogen-bond donors (Lipinski definition) is 0. The Morgan fingerprint density at radius 3 is 2.39 bits per heavy atom. The molecule has 0 aromatic rings. The molecular weight excluding hydrogens is 268 g/mol. The first kappa shape index (κ1) is 16.0. The van der Waals surface area contributed by atoms with Crippen LogP contribution in [0.1, 0.15) is 52.4 Å². The Kier molecular flexibility index (Phi) is 7.98. The number of rotatable bonds is 8. The molecule has 106 valence electrons. The number of ether oxygens (including phenoxy) is 2. The quantitative estimate of drug-likeness (QED) is 0.369. The van der Waals surface area contributed by atoms with Crippen LogP contribution in [0.4, 0.5) is 4.79 Å². The van der Waals surface area contributed by atoms with Crippen molar-refractivity contribution in [2.45, 2.75) is 58.0 Å². The van der Waals surface area contributed by atoms with E-state index < -0.39 is 6.16 Å². The van der Waals surface area contributed by atoms with Gasteiger partial charge in [0.05, 0.1) is 6.61 Å². The Bertz CT molecular complexity index is 240. The maximum Gasteiger partial charge on any atom is 0.508 e. The normalized spacial score (nSPS) is 17.7. The van der Waals surface area contributed by atoms with Gasteiger partial charge in [-0.15, -0.1) is 0 Å². The van der Waals surface area contributed by atoms with Gasteiger partial charge in [-0.3, -0.25) is 0 Å². The third-order valence-electron chi connectivity index (χ3n) is 2.86. The highest BCUT2D eigenvalue weighted by molar-refractivity contribution is 8.77. The molecule has 0 amide bonds. The van der Waals surface area contributed by atoms with Crippen LogP contribution in [-0.2, 0) is 9.47 Å². The molecular formula is C13H24O3S2. The molecule has 0 unspecified atom stereocenters. The van der Waals surface area contributed by atoms with E-state index in [1.807, 2.05) is 6.92 Å². The molecule has 1 fully saturated rings. The minimum absolute atomic E-state index is 0.340. The zero-order valence-corrected chi connectivity index (χ0v) is 13.0. The average Bonchev–Trinajstić information content (AvgIpc) is 2.74. The summed E-state index contributed by atoms with van der Waals surface area (Å²) >= 11 is 0. The fraction of sp³-hybridized carbons (Fsp3) is 0.923. The van der Waals surface area contributed by atoms with Gasteiger partial charge < -0.3 is 9.47 Å². The van der Waals surface area contributed by atoms with Crippen molar-refractivity contribution in [2.75, 3.05) is 18.1 Å². The highest BCUT2D eigenvalue weighted by Crippen LogP contribution is 2.39. The van der Waals surface area contributed by atoms with Gasteiger partial charge in [-0.05, 0) is 13.3 Å². The Morgan fingerprint density at radius 2 is 1.72 bits per heavy atom. The van der Waals surface area contributed by atoms with Crippen LogP contribution in [-0.4, -0.2) is 29.9 Å². The van der Waals surface area contributed by atoms with Crippen LogP contribution in [0.15, 0.2) is 0 Å². The predicted molar refractivity (Wildman–Crippen MR) is 79.1 cm³/mol. The minimum atomic E-state index is -0.505. The van der Waals surface area contributed by atoms with E-state index in [4.69, 9.17) is 9.47 Å². The summed E-state index contributed by atoms with van der Waals surface area (Å²) < 4.78 is 10.4. The lowest BCUT2D eigenvalue weighted by atomic mass is 10.1. The number of hydrogen-bond acceptors (Lipinski definition) is 5. The fourth-order valence-corrected chi connectivity index (χ4v) is 4.81. The average molecular weight is 292 g/mol. The maximum atomic E-state index is 11.5. The minimum Gasteiger partial charge on any atom is -0.434 e. The summed E-state index contributed by atoms with van der Waals surface area (Å²) in [5.74, 6) is 1.70. The topological polar surface area (TPSA) is 35.5 Å². The van der Waals surface area contributed by atoms with Crippen molar-refractivity contribution < 1.29 is 14.3 Å². The molecule has 1 saturated heterocycles. The van der Waals surface area contributed by atoms with Gasteiger partial charge in [0, 0.05) is 11.5 Å². The summed E-state index contributed by atoms with van der Waals surface area (Å²) in [7, 11) is 3.49. The van der Waals surface area contributed by atoms with E-state index in [2.05, 4.69) is 6.92 Å². The zero-order valence-electron chi connectivity index (χ0n) is 11.4. The lowest BCUT2D eigenvalue weighted by Gasteiger charge is -2.21. The van der Waals surface area contributed by atoms with E-state index in [0.717, 1.165) is 24.3 Å². The third kappa shape index (κ3) is 6.78. The monoisotopic (exact) mass is 292 g/mol. The van der Waals surface area contributed by atoms with Crippen LogP contribution in [0.3, 0.4) is 0 Å². The first-order valence-corrected chi connectivity index (χ1v) is 9.25. The lowest BCUT2D eigenvalue weighted by Crippen LogP contribution is -2.34. The first-order chi connectivity index (χ1) is 8.66. The molecule has 18 heavy (non-hydrogen) atoms. The van der Waals surface area contributed by atoms with E-state index in [-0.39, 0.29) is 5.60 Å². The van der Waals surface area contributed by atoms with Crippen molar-refractivity contribution in [2.24, 2.45) is 0 Å². The van der Waals surface area contributed by atoms with Crippen LogP contribution in [0.5, 0.6) is 0 Å². The van der Waals surface area contributed by atoms with Crippen molar-refractivity contribution in [3.63, 3.8) is 0 Å². The maximum absolute atomic E-state index is 11.5. The van der Waals surface area contributed by atoms with Crippen LogP contribution in [0.25, 0.3) is 0 Å². The molecule has 0 aromatic carbocycles. The van der Waals surface area contributed by atoms with Gasteiger partial charge in [0.2, 0.25) is 0 Å². The predicted octanol–water partition coefficient (Wildman–Crippen LogP) is 4.65. The number of carbonyl (C=O) groups is 1. The van der Waals surface area contributed by atoms with Crippen molar-refractivity contribution in [3.05, 3.63) is 0 Å². The van der Waals surface area contributed by atoms with Crippen molar-refractivity contribution in [1.82, 2.24) is 0 Å². The first-order valence-electron chi connectivity index (χ1n) is 6.76. The van der Waals surface area contributed by atoms with E-state index in [1.54, 1.807) is 21.6 Å². The summed E-state index contributed by atoms with van der Waals surface area (Å²) in [5, 5.41) is 0. The summed E-state index contributed by atoms with van der Waals surface area (Å²) in [5.41, 5.74) is -0.340. The van der Waals surface area contributed by atoms with E-state index in [9.17, 15) is 4.79 Å². The largest absolute Gasteiger partial charge is 0.508 e. The van der Waals surface area contributed by atoms with Gasteiger partial charge in [-0.25, -0.2) is 4.79 Å². The molecule has 0 bridgehead atoms. The molecule has 0 aliphatic carbocycles. The second-order valence-electron chi connectivity index (χ2n) is 4.94. The van der Waals surface area contributed by atoms with Crippen LogP contribution >= 0.6 is 21.6 Å². The number of unbranched alkanes of at least 4 members (excludes halogenated alkanes) is 5. The molecule has 1 heterocycles. The van der Waals surface area contributed by atoms with Gasteiger partial charge in [-0.1, -0.05) is 60.6 Å². The molecule has 3 nitrogen and oxygen atoms in total. The molecule has 1 aliphatic rings. The molecule has 1 aliphatic heterocycles. The summed E-state index contributed by atoms with van der Waals surface area (Å²) in [6.45, 7) is 4.66. The van der Waals surface area contributed by atoms with Gasteiger partial charge in [0.15, 0.2) is 0 Å². The molecule has 0 saturated carbocycles. The number of carbonyl (C=O) groups excluding carboxylic acids is 1. The Hall–Kier alpha value is -0.0300. The van der Waals surface area contributed by atoms with E-state index in [0.29, 0.717) is 6.61 Å². The third-order valence-corrected chi connectivity index (χ3v) is 5.69. The zero-order chi connectivity index (χ0) is 13.3. The molecule has 0 N–H and O–H groups in total. The highest BCUT2D eigenvalue weighted by Gasteiger charge is 2.34. The van der Waals surface area contributed by atoms with Crippen LogP contribution < -0.4 is 0 Å². The van der Waals surface area contributed by atoms with Gasteiger partial charge >= 0.3 is 6.16 Å². The second kappa shape index (κ2) is 8.97. The second-order valence-corrected chi connectivity index (χ2v) is 7.41. The molecule has 0 radical (unpaired) electrons. The Balaban J connectivity index is 1.97. The smallest absolute Gasteiger partial charge is 0.434 e. The lowest BCUT2D eigenvalue weighted by molar-refractivity contribution is -0.00240. The Labute approximate surface area is 118 Å². The van der Waals surface area contributed by atoms with E-state index in [1.165, 1.54) is 25.7 Å². The van der Waals surface area contributed by atoms with Crippen molar-refractivity contribution in [1.29, 1.82) is 0 Å². The summed E-state index contributed by atoms with van der Waals surface area (Å²) in [6.07, 6.45) is 6.66. The van der Waals surface area contributed by atoms with E-state index >= 15 is 0 Å². The molecule has 0 spiro atoms. The van der Waals surface area contributed by atoms with Crippen molar-refractivity contribution in [3.8, 4) is 0 Å². The van der Waals surface area contributed by atoms with Crippen LogP contribution in [0.2, 0.25) is 0 Å². The molecule has 0 atom stereocenters. The van der Waals surface area contributed by atoms with Gasteiger partial charge in [0.1, 0.15) is 5.60 Å². The van der Waals surface area contributed by atoms with Gasteiger partial charge in [0.25, 0.3) is 0 Å². The van der Waals surface area contributed by atoms with Crippen LogP contribution in [0, 0.1) is 0 Å². The molecule has 5 heteroatoms. The fourth-order valence-electron chi connectivity index (χ4n) is 1.70. The SMILES string of the molecule is CCCCCCCCOC(=O)OC1(C)CSSC1. The standard InChI is InChI=1S/C13H24O3S2/c1-3-4-5-6-7-8-9-15-12(14)16-13(2)10-17-18-11-13/h3-11H2,1-2H3. The summed E-state index contributed by atoms with van der Waals surface area (Å²) in [6, 6.07) is 0. The van der Waals surface area contributed by atoms with Crippen molar-refractivity contribution >= 4 is 27.7 Å². The summed E-state index contributed by atoms with van der Waals surface area (Å²) in [4.78, 5) is 11.5.